The monoisotopic (exact) mass is 370 g/mol. The van der Waals surface area contributed by atoms with Crippen LogP contribution in [-0.2, 0) is 4.74 Å². The van der Waals surface area contributed by atoms with Gasteiger partial charge in [0.1, 0.15) is 22.7 Å². The van der Waals surface area contributed by atoms with E-state index in [0.717, 1.165) is 32.4 Å². The molecule has 27 heavy (non-hydrogen) atoms. The van der Waals surface area contributed by atoms with Gasteiger partial charge in [-0.25, -0.2) is 14.2 Å². The van der Waals surface area contributed by atoms with Crippen molar-refractivity contribution in [3.8, 4) is 11.3 Å². The van der Waals surface area contributed by atoms with Gasteiger partial charge in [-0.15, -0.1) is 0 Å². The zero-order chi connectivity index (χ0) is 18.8. The second kappa shape index (κ2) is 7.30. The number of piperidine rings is 1. The van der Waals surface area contributed by atoms with Crippen molar-refractivity contribution in [1.82, 2.24) is 15.1 Å². The minimum atomic E-state index is -0.610. The van der Waals surface area contributed by atoms with Crippen LogP contribution >= 0.6 is 0 Å². The van der Waals surface area contributed by atoms with E-state index in [9.17, 15) is 9.18 Å². The van der Waals surface area contributed by atoms with E-state index in [1.165, 1.54) is 12.1 Å². The smallest absolute Gasteiger partial charge is 0.376 e. The molecule has 0 bridgehead atoms. The maximum absolute atomic E-state index is 13.7. The Morgan fingerprint density at radius 2 is 2.07 bits per heavy atom. The fraction of sp³-hybridized carbons (Fsp3) is 0.368. The molecule has 140 valence electrons. The summed E-state index contributed by atoms with van der Waals surface area (Å²) in [5, 5.41) is 4.66. The van der Waals surface area contributed by atoms with Gasteiger partial charge >= 0.3 is 5.97 Å². The number of carbonyl (C=O) groups excluding carboxylic acids is 1. The number of fused-ring (bicyclic) bond motifs is 1. The van der Waals surface area contributed by atoms with Crippen LogP contribution in [0.5, 0.6) is 0 Å². The molecule has 1 aliphatic rings. The van der Waals surface area contributed by atoms with Crippen LogP contribution in [0.2, 0.25) is 0 Å². The second-order valence-electron chi connectivity index (χ2n) is 6.36. The molecule has 0 unspecified atom stereocenters. The molecule has 1 fully saturated rings. The molecule has 8 heteroatoms. The SMILES string of the molecule is CCOC(=O)c1nc(N2CCCCC2)c2c(-c3cccc(F)c3)noc2n1. The van der Waals surface area contributed by atoms with Crippen molar-refractivity contribution >= 4 is 22.9 Å². The second-order valence-corrected chi connectivity index (χ2v) is 6.36. The van der Waals surface area contributed by atoms with Gasteiger partial charge < -0.3 is 14.2 Å². The lowest BCUT2D eigenvalue weighted by molar-refractivity contribution is 0.0512. The highest BCUT2D eigenvalue weighted by Crippen LogP contribution is 2.35. The molecule has 3 heterocycles. The highest BCUT2D eigenvalue weighted by atomic mass is 19.1. The zero-order valence-corrected chi connectivity index (χ0v) is 14.9. The van der Waals surface area contributed by atoms with Crippen LogP contribution in [0.15, 0.2) is 28.8 Å². The molecule has 1 aliphatic heterocycles. The van der Waals surface area contributed by atoms with Crippen LogP contribution in [0.1, 0.15) is 36.8 Å². The van der Waals surface area contributed by atoms with Crippen molar-refractivity contribution in [3.63, 3.8) is 0 Å². The lowest BCUT2D eigenvalue weighted by atomic mass is 10.1. The third-order valence-electron chi connectivity index (χ3n) is 4.53. The van der Waals surface area contributed by atoms with Crippen molar-refractivity contribution in [3.05, 3.63) is 35.9 Å². The number of rotatable bonds is 4. The molecule has 2 aromatic heterocycles. The Balaban J connectivity index is 1.90. The molecule has 0 saturated carbocycles. The summed E-state index contributed by atoms with van der Waals surface area (Å²) in [6, 6.07) is 6.11. The number of anilines is 1. The van der Waals surface area contributed by atoms with Gasteiger partial charge in [-0.3, -0.25) is 0 Å². The molecule has 3 aromatic rings. The fourth-order valence-electron chi connectivity index (χ4n) is 3.29. The molecule has 0 atom stereocenters. The highest BCUT2D eigenvalue weighted by molar-refractivity contribution is 6.00. The predicted molar refractivity (Wildman–Crippen MR) is 97.0 cm³/mol. The number of esters is 1. The minimum absolute atomic E-state index is 0.0631. The first kappa shape index (κ1) is 17.4. The Bertz CT molecular complexity index is 982. The topological polar surface area (TPSA) is 81.4 Å². The van der Waals surface area contributed by atoms with E-state index in [-0.39, 0.29) is 24.0 Å². The van der Waals surface area contributed by atoms with Gasteiger partial charge in [0, 0.05) is 18.7 Å². The minimum Gasteiger partial charge on any atom is -0.460 e. The summed E-state index contributed by atoms with van der Waals surface area (Å²) in [5.41, 5.74) is 1.22. The Kier molecular flexibility index (Phi) is 4.70. The van der Waals surface area contributed by atoms with Gasteiger partial charge in [0.15, 0.2) is 0 Å². The summed E-state index contributed by atoms with van der Waals surface area (Å²) in [4.78, 5) is 22.9. The van der Waals surface area contributed by atoms with Crippen LogP contribution in [0.25, 0.3) is 22.4 Å². The average Bonchev–Trinajstić information content (AvgIpc) is 3.12. The number of nitrogens with zero attached hydrogens (tertiary/aromatic N) is 4. The highest BCUT2D eigenvalue weighted by Gasteiger charge is 2.26. The van der Waals surface area contributed by atoms with E-state index in [2.05, 4.69) is 20.0 Å². The quantitative estimate of drug-likeness (QED) is 0.649. The Morgan fingerprint density at radius 1 is 1.26 bits per heavy atom. The third kappa shape index (κ3) is 3.34. The Hall–Kier alpha value is -3.03. The third-order valence-corrected chi connectivity index (χ3v) is 4.53. The number of ether oxygens (including phenoxy) is 1. The van der Waals surface area contributed by atoms with Crippen LogP contribution in [0.3, 0.4) is 0 Å². The number of halogens is 1. The van der Waals surface area contributed by atoms with Gasteiger partial charge in [-0.05, 0) is 38.3 Å². The van der Waals surface area contributed by atoms with E-state index >= 15 is 0 Å². The molecule has 0 spiro atoms. The van der Waals surface area contributed by atoms with Gasteiger partial charge in [0.2, 0.25) is 5.82 Å². The van der Waals surface area contributed by atoms with E-state index in [4.69, 9.17) is 9.26 Å². The predicted octanol–water partition coefficient (Wildman–Crippen LogP) is 3.59. The van der Waals surface area contributed by atoms with Crippen molar-refractivity contribution in [2.24, 2.45) is 0 Å². The summed E-state index contributed by atoms with van der Waals surface area (Å²) < 4.78 is 24.1. The zero-order valence-electron chi connectivity index (χ0n) is 14.9. The maximum Gasteiger partial charge on any atom is 0.376 e. The lowest BCUT2D eigenvalue weighted by Crippen LogP contribution is -2.31. The van der Waals surface area contributed by atoms with E-state index in [1.54, 1.807) is 19.1 Å². The molecular formula is C19H19FN4O3. The average molecular weight is 370 g/mol. The Morgan fingerprint density at radius 3 is 2.81 bits per heavy atom. The summed E-state index contributed by atoms with van der Waals surface area (Å²) >= 11 is 0. The molecule has 0 radical (unpaired) electrons. The van der Waals surface area contributed by atoms with Crippen molar-refractivity contribution < 1.29 is 18.4 Å². The van der Waals surface area contributed by atoms with Crippen LogP contribution < -0.4 is 4.90 Å². The lowest BCUT2D eigenvalue weighted by Gasteiger charge is -2.28. The Labute approximate surface area is 155 Å². The molecular weight excluding hydrogens is 351 g/mol. The first-order valence-electron chi connectivity index (χ1n) is 9.03. The summed E-state index contributed by atoms with van der Waals surface area (Å²) in [6.07, 6.45) is 3.21. The number of benzene rings is 1. The summed E-state index contributed by atoms with van der Waals surface area (Å²) in [5.74, 6) is -0.469. The molecule has 0 amide bonds. The first-order valence-corrected chi connectivity index (χ1v) is 9.03. The van der Waals surface area contributed by atoms with Crippen LogP contribution in [0.4, 0.5) is 10.2 Å². The molecule has 1 saturated heterocycles. The van der Waals surface area contributed by atoms with Crippen LogP contribution in [0, 0.1) is 5.82 Å². The number of hydrogen-bond donors (Lipinski definition) is 0. The molecule has 4 rings (SSSR count). The van der Waals surface area contributed by atoms with Gasteiger partial charge in [-0.1, -0.05) is 17.3 Å². The van der Waals surface area contributed by atoms with E-state index < -0.39 is 5.97 Å². The van der Waals surface area contributed by atoms with Crippen molar-refractivity contribution in [2.45, 2.75) is 26.2 Å². The number of carbonyl (C=O) groups is 1. The molecule has 0 N–H and O–H groups in total. The van der Waals surface area contributed by atoms with Gasteiger partial charge in [0.25, 0.3) is 5.71 Å². The standard InChI is InChI=1S/C19H19FN4O3/c1-2-26-19(25)16-21-17(24-9-4-3-5-10-24)14-15(23-27-18(14)22-16)12-7-6-8-13(20)11-12/h6-8,11H,2-5,9-10H2,1H3. The van der Waals surface area contributed by atoms with Crippen LogP contribution in [-0.4, -0.2) is 40.8 Å². The summed E-state index contributed by atoms with van der Waals surface area (Å²) in [6.45, 7) is 3.56. The number of aromatic nitrogens is 3. The van der Waals surface area contributed by atoms with E-state index in [1.807, 2.05) is 0 Å². The van der Waals surface area contributed by atoms with Crippen molar-refractivity contribution in [1.29, 1.82) is 0 Å². The van der Waals surface area contributed by atoms with Crippen molar-refractivity contribution in [2.75, 3.05) is 24.6 Å². The molecule has 0 aliphatic carbocycles. The summed E-state index contributed by atoms with van der Waals surface area (Å²) in [7, 11) is 0. The molecule has 7 nitrogen and oxygen atoms in total. The normalized spacial score (nSPS) is 14.5. The molecule has 1 aromatic carbocycles. The van der Waals surface area contributed by atoms with E-state index in [0.29, 0.717) is 22.5 Å². The van der Waals surface area contributed by atoms with Gasteiger partial charge in [-0.2, -0.15) is 4.98 Å². The first-order chi connectivity index (χ1) is 13.2. The van der Waals surface area contributed by atoms with Gasteiger partial charge in [0.05, 0.1) is 6.61 Å². The number of hydrogen-bond acceptors (Lipinski definition) is 7. The largest absolute Gasteiger partial charge is 0.460 e. The maximum atomic E-state index is 13.7. The fourth-order valence-corrected chi connectivity index (χ4v) is 3.29.